The van der Waals surface area contributed by atoms with Gasteiger partial charge < -0.3 is 14.9 Å². The molecule has 9 atom stereocenters. The Balaban J connectivity index is 1.03. The lowest BCUT2D eigenvalue weighted by Gasteiger charge is -2.61. The summed E-state index contributed by atoms with van der Waals surface area (Å²) < 4.78 is 0. The number of aliphatic hydroxyl groups excluding tert-OH is 1. The molecule has 4 saturated carbocycles. The third-order valence-corrected chi connectivity index (χ3v) is 12.9. The van der Waals surface area contributed by atoms with Crippen molar-refractivity contribution in [2.24, 2.45) is 46.3 Å². The first kappa shape index (κ1) is 26.6. The van der Waals surface area contributed by atoms with Crippen molar-refractivity contribution in [3.05, 3.63) is 24.5 Å². The molecule has 0 aromatic carbocycles. The molecule has 0 radical (unpaired) electrons. The van der Waals surface area contributed by atoms with Gasteiger partial charge in [0.1, 0.15) is 0 Å². The summed E-state index contributed by atoms with van der Waals surface area (Å²) in [5, 5.41) is 10.3. The zero-order chi connectivity index (χ0) is 26.5. The van der Waals surface area contributed by atoms with Gasteiger partial charge in [-0.1, -0.05) is 20.8 Å². The van der Waals surface area contributed by atoms with E-state index in [0.717, 1.165) is 75.0 Å². The molecule has 0 spiro atoms. The van der Waals surface area contributed by atoms with Gasteiger partial charge in [-0.15, -0.1) is 0 Å². The highest BCUT2D eigenvalue weighted by Crippen LogP contribution is 2.68. The van der Waals surface area contributed by atoms with Gasteiger partial charge in [0.2, 0.25) is 5.91 Å². The second-order valence-electron chi connectivity index (χ2n) is 14.4. The minimum absolute atomic E-state index is 0.0526. The lowest BCUT2D eigenvalue weighted by atomic mass is 9.44. The minimum atomic E-state index is -0.0526. The molecule has 5 nitrogen and oxygen atoms in total. The molecule has 4 aliphatic carbocycles. The summed E-state index contributed by atoms with van der Waals surface area (Å²) in [6.45, 7) is 11.2. The third-order valence-electron chi connectivity index (χ3n) is 12.9. The fourth-order valence-electron chi connectivity index (χ4n) is 10.7. The number of carbonyl (C=O) groups is 1. The van der Waals surface area contributed by atoms with Gasteiger partial charge in [0.05, 0.1) is 6.10 Å². The van der Waals surface area contributed by atoms with Gasteiger partial charge in [0.15, 0.2) is 0 Å². The van der Waals surface area contributed by atoms with Crippen LogP contribution in [0.15, 0.2) is 24.5 Å². The topological polar surface area (TPSA) is 56.7 Å². The molecule has 38 heavy (non-hydrogen) atoms. The monoisotopic (exact) mass is 521 g/mol. The predicted octanol–water partition coefficient (Wildman–Crippen LogP) is 6.17. The van der Waals surface area contributed by atoms with Crippen LogP contribution in [0.4, 0.5) is 5.69 Å². The Morgan fingerprint density at radius 2 is 1.68 bits per heavy atom. The maximum absolute atomic E-state index is 13.2. The molecule has 1 aromatic rings. The molecule has 2 heterocycles. The number of hydrogen-bond donors (Lipinski definition) is 1. The Morgan fingerprint density at radius 1 is 0.974 bits per heavy atom. The van der Waals surface area contributed by atoms with Gasteiger partial charge in [-0.25, -0.2) is 0 Å². The number of aliphatic hydroxyl groups is 1. The Bertz CT molecular complexity index is 978. The van der Waals surface area contributed by atoms with Crippen molar-refractivity contribution in [2.75, 3.05) is 31.1 Å². The maximum Gasteiger partial charge on any atom is 0.222 e. The van der Waals surface area contributed by atoms with E-state index in [4.69, 9.17) is 0 Å². The first-order valence-corrected chi connectivity index (χ1v) is 15.9. The highest BCUT2D eigenvalue weighted by Gasteiger charge is 2.60. The number of pyridine rings is 1. The van der Waals surface area contributed by atoms with Crippen LogP contribution in [0.1, 0.15) is 91.4 Å². The van der Waals surface area contributed by atoms with Crippen molar-refractivity contribution < 1.29 is 9.90 Å². The molecule has 5 unspecified atom stereocenters. The summed E-state index contributed by atoms with van der Waals surface area (Å²) in [6, 6.07) is 4.13. The molecule has 1 N–H and O–H groups in total. The van der Waals surface area contributed by atoms with Crippen LogP contribution in [-0.4, -0.2) is 53.2 Å². The fourth-order valence-corrected chi connectivity index (χ4v) is 10.7. The van der Waals surface area contributed by atoms with Crippen LogP contribution in [0.25, 0.3) is 0 Å². The average molecular weight is 522 g/mol. The molecular formula is C33H51N3O2. The van der Waals surface area contributed by atoms with Gasteiger partial charge in [0, 0.05) is 50.7 Å². The maximum atomic E-state index is 13.2. The second-order valence-corrected chi connectivity index (χ2v) is 14.4. The first-order valence-electron chi connectivity index (χ1n) is 15.9. The van der Waals surface area contributed by atoms with Crippen LogP contribution < -0.4 is 4.90 Å². The second kappa shape index (κ2) is 10.4. The summed E-state index contributed by atoms with van der Waals surface area (Å²) >= 11 is 0. The third kappa shape index (κ3) is 4.59. The van der Waals surface area contributed by atoms with Crippen molar-refractivity contribution in [3.63, 3.8) is 0 Å². The average Bonchev–Trinajstić information content (AvgIpc) is 3.30. The fraction of sp³-hybridized carbons (Fsp3) is 0.818. The van der Waals surface area contributed by atoms with Crippen molar-refractivity contribution in [1.82, 2.24) is 9.88 Å². The minimum Gasteiger partial charge on any atom is -0.393 e. The number of hydrogen-bond acceptors (Lipinski definition) is 4. The number of piperazine rings is 1. The molecule has 5 heteroatoms. The highest BCUT2D eigenvalue weighted by molar-refractivity contribution is 5.76. The van der Waals surface area contributed by atoms with Gasteiger partial charge in [-0.2, -0.15) is 0 Å². The Morgan fingerprint density at radius 3 is 2.45 bits per heavy atom. The van der Waals surface area contributed by atoms with E-state index in [-0.39, 0.29) is 6.10 Å². The Kier molecular flexibility index (Phi) is 7.29. The number of carbonyl (C=O) groups excluding carboxylic acids is 1. The number of aromatic nitrogens is 1. The normalized spacial score (nSPS) is 41.7. The molecule has 1 saturated heterocycles. The molecular weight excluding hydrogens is 470 g/mol. The number of fused-ring (bicyclic) bond motifs is 5. The lowest BCUT2D eigenvalue weighted by molar-refractivity contribution is -0.133. The molecule has 0 bridgehead atoms. The largest absolute Gasteiger partial charge is 0.393 e. The van der Waals surface area contributed by atoms with E-state index >= 15 is 0 Å². The Labute approximate surface area is 230 Å². The zero-order valence-electron chi connectivity index (χ0n) is 24.2. The van der Waals surface area contributed by atoms with Crippen LogP contribution in [0, 0.1) is 46.3 Å². The zero-order valence-corrected chi connectivity index (χ0v) is 24.2. The van der Waals surface area contributed by atoms with Crippen molar-refractivity contribution >= 4 is 11.6 Å². The van der Waals surface area contributed by atoms with E-state index < -0.39 is 0 Å². The first-order chi connectivity index (χ1) is 18.3. The van der Waals surface area contributed by atoms with Gasteiger partial charge >= 0.3 is 0 Å². The molecule has 1 amide bonds. The van der Waals surface area contributed by atoms with Crippen LogP contribution in [0.2, 0.25) is 0 Å². The molecule has 1 aliphatic heterocycles. The number of nitrogens with zero attached hydrogens (tertiary/aromatic N) is 3. The van der Waals surface area contributed by atoms with Gasteiger partial charge in [-0.3, -0.25) is 9.78 Å². The van der Waals surface area contributed by atoms with E-state index in [0.29, 0.717) is 29.1 Å². The molecule has 6 rings (SSSR count). The molecule has 5 aliphatic rings. The Hall–Kier alpha value is -1.62. The highest BCUT2D eigenvalue weighted by atomic mass is 16.3. The number of anilines is 1. The quantitative estimate of drug-likeness (QED) is 0.504. The standard InChI is InChI=1S/C33H51N3O2/c1-23(4-9-31(38)36-20-18-35(19-21-36)25-12-16-34-17-13-25)28-7-8-29-27-6-5-24-22-26(37)10-14-32(24,2)30(27)11-15-33(28,29)3/h12-13,16-17,23-24,26-30,37H,4-11,14-15,18-22H2,1-3H3/t23?,24?,26-,27?,28-,29?,30?,32+,33-/m1/s1. The van der Waals surface area contributed by atoms with E-state index in [9.17, 15) is 9.90 Å². The van der Waals surface area contributed by atoms with Gasteiger partial charge in [-0.05, 0) is 123 Å². The van der Waals surface area contributed by atoms with Crippen molar-refractivity contribution in [2.45, 2.75) is 97.5 Å². The van der Waals surface area contributed by atoms with Gasteiger partial charge in [0.25, 0.3) is 0 Å². The van der Waals surface area contributed by atoms with Crippen molar-refractivity contribution in [1.29, 1.82) is 0 Å². The van der Waals surface area contributed by atoms with Crippen LogP contribution >= 0.6 is 0 Å². The van der Waals surface area contributed by atoms with Crippen molar-refractivity contribution in [3.8, 4) is 0 Å². The molecule has 1 aromatic heterocycles. The summed E-state index contributed by atoms with van der Waals surface area (Å²) in [5.41, 5.74) is 2.13. The molecule has 5 fully saturated rings. The van der Waals surface area contributed by atoms with Crippen LogP contribution in [0.5, 0.6) is 0 Å². The lowest BCUT2D eigenvalue weighted by Crippen LogP contribution is -2.54. The van der Waals surface area contributed by atoms with E-state index in [2.05, 4.69) is 47.7 Å². The van der Waals surface area contributed by atoms with Crippen LogP contribution in [-0.2, 0) is 4.79 Å². The molecule has 210 valence electrons. The summed E-state index contributed by atoms with van der Waals surface area (Å²) in [4.78, 5) is 21.8. The summed E-state index contributed by atoms with van der Waals surface area (Å²) in [5.74, 6) is 5.12. The summed E-state index contributed by atoms with van der Waals surface area (Å²) in [6.07, 6.45) is 17.0. The summed E-state index contributed by atoms with van der Waals surface area (Å²) in [7, 11) is 0. The smallest absolute Gasteiger partial charge is 0.222 e. The SMILES string of the molecule is CC(CCC(=O)N1CCN(c2ccncc2)CC1)[C@H]1CCC2C3CCC4C[C@H](O)CC[C@]4(C)C3CC[C@@]21C. The van der Waals surface area contributed by atoms with E-state index in [1.165, 1.54) is 50.6 Å². The van der Waals surface area contributed by atoms with E-state index in [1.807, 2.05) is 12.4 Å². The van der Waals surface area contributed by atoms with E-state index in [1.54, 1.807) is 0 Å². The van der Waals surface area contributed by atoms with Crippen LogP contribution in [0.3, 0.4) is 0 Å². The number of amides is 1. The predicted molar refractivity (Wildman–Crippen MR) is 153 cm³/mol. The number of rotatable bonds is 5.